The average molecular weight is 396 g/mol. The predicted molar refractivity (Wildman–Crippen MR) is 104 cm³/mol. The molecule has 2 aromatic heterocycles. The maximum atomic E-state index is 13.2. The van der Waals surface area contributed by atoms with Crippen molar-refractivity contribution in [3.05, 3.63) is 76.8 Å². The van der Waals surface area contributed by atoms with Gasteiger partial charge in [0.2, 0.25) is 0 Å². The molecule has 0 saturated carbocycles. The normalized spacial score (nSPS) is 13.8. The fourth-order valence-corrected chi connectivity index (χ4v) is 3.39. The monoisotopic (exact) mass is 395 g/mol. The van der Waals surface area contributed by atoms with Gasteiger partial charge in [-0.05, 0) is 37.6 Å². The number of hydrazine groups is 1. The summed E-state index contributed by atoms with van der Waals surface area (Å²) in [6.07, 6.45) is 3.68. The SMILES string of the molecule is Cc1c(C(=O)N2CCCN2C(=O)c2ccc(Cl)nc2)cnn1-c1ccccc1. The molecule has 1 aliphatic heterocycles. The molecular weight excluding hydrogens is 378 g/mol. The van der Waals surface area contributed by atoms with E-state index in [0.29, 0.717) is 35.8 Å². The second-order valence-corrected chi connectivity index (χ2v) is 6.86. The first-order chi connectivity index (χ1) is 13.6. The molecule has 1 saturated heterocycles. The number of para-hydroxylation sites is 1. The van der Waals surface area contributed by atoms with Gasteiger partial charge in [0.05, 0.1) is 28.7 Å². The number of pyridine rings is 1. The number of amides is 2. The smallest absolute Gasteiger partial charge is 0.267 e. The second-order valence-electron chi connectivity index (χ2n) is 6.47. The Kier molecular flexibility index (Phi) is 4.83. The van der Waals surface area contributed by atoms with E-state index in [0.717, 1.165) is 11.4 Å². The number of nitrogens with zero attached hydrogens (tertiary/aromatic N) is 5. The third kappa shape index (κ3) is 3.25. The summed E-state index contributed by atoms with van der Waals surface area (Å²) in [6, 6.07) is 12.8. The van der Waals surface area contributed by atoms with Gasteiger partial charge in [0.1, 0.15) is 5.15 Å². The van der Waals surface area contributed by atoms with Crippen LogP contribution in [0.1, 0.15) is 32.8 Å². The summed E-state index contributed by atoms with van der Waals surface area (Å²) >= 11 is 5.80. The topological polar surface area (TPSA) is 71.3 Å². The molecule has 1 aliphatic rings. The number of hydrogen-bond acceptors (Lipinski definition) is 4. The standard InChI is InChI=1S/C20H18ClN5O2/c1-14-17(13-23-26(14)16-6-3-2-4-7-16)20(28)25-11-5-10-24(25)19(27)15-8-9-18(21)22-12-15/h2-4,6-9,12-13H,5,10-11H2,1H3. The maximum Gasteiger partial charge on any atom is 0.275 e. The minimum absolute atomic E-state index is 0.243. The summed E-state index contributed by atoms with van der Waals surface area (Å²) in [5, 5.41) is 7.62. The van der Waals surface area contributed by atoms with E-state index in [-0.39, 0.29) is 11.8 Å². The molecule has 0 aliphatic carbocycles. The van der Waals surface area contributed by atoms with Crippen LogP contribution in [0.3, 0.4) is 0 Å². The predicted octanol–water partition coefficient (Wildman–Crippen LogP) is 3.13. The van der Waals surface area contributed by atoms with Gasteiger partial charge in [-0.3, -0.25) is 9.59 Å². The molecule has 0 N–H and O–H groups in total. The summed E-state index contributed by atoms with van der Waals surface area (Å²) in [4.78, 5) is 30.0. The van der Waals surface area contributed by atoms with Crippen molar-refractivity contribution in [1.82, 2.24) is 24.8 Å². The summed E-state index contributed by atoms with van der Waals surface area (Å²) in [5.41, 5.74) is 2.46. The lowest BCUT2D eigenvalue weighted by Crippen LogP contribution is -2.45. The van der Waals surface area contributed by atoms with Crippen molar-refractivity contribution in [2.75, 3.05) is 13.1 Å². The maximum absolute atomic E-state index is 13.2. The zero-order valence-electron chi connectivity index (χ0n) is 15.2. The van der Waals surface area contributed by atoms with Crippen molar-refractivity contribution in [2.45, 2.75) is 13.3 Å². The molecule has 28 heavy (non-hydrogen) atoms. The van der Waals surface area contributed by atoms with Gasteiger partial charge in [-0.2, -0.15) is 5.10 Å². The molecule has 0 atom stereocenters. The van der Waals surface area contributed by atoms with E-state index in [4.69, 9.17) is 11.6 Å². The highest BCUT2D eigenvalue weighted by atomic mass is 35.5. The van der Waals surface area contributed by atoms with Crippen LogP contribution in [0.15, 0.2) is 54.9 Å². The molecule has 1 fully saturated rings. The first-order valence-electron chi connectivity index (χ1n) is 8.91. The first-order valence-corrected chi connectivity index (χ1v) is 9.29. The summed E-state index contributed by atoms with van der Waals surface area (Å²) in [7, 11) is 0. The van der Waals surface area contributed by atoms with E-state index in [1.54, 1.807) is 23.0 Å². The van der Waals surface area contributed by atoms with Gasteiger partial charge in [0.15, 0.2) is 0 Å². The Labute approximate surface area is 167 Å². The Morgan fingerprint density at radius 1 is 0.964 bits per heavy atom. The molecule has 4 rings (SSSR count). The molecule has 7 nitrogen and oxygen atoms in total. The van der Waals surface area contributed by atoms with E-state index >= 15 is 0 Å². The Morgan fingerprint density at radius 2 is 1.68 bits per heavy atom. The van der Waals surface area contributed by atoms with Crippen LogP contribution < -0.4 is 0 Å². The number of carbonyl (C=O) groups excluding carboxylic acids is 2. The number of benzene rings is 1. The number of carbonyl (C=O) groups is 2. The fourth-order valence-electron chi connectivity index (χ4n) is 3.27. The highest BCUT2D eigenvalue weighted by Crippen LogP contribution is 2.21. The zero-order valence-corrected chi connectivity index (χ0v) is 16.0. The molecular formula is C20H18ClN5O2. The number of rotatable bonds is 3. The Balaban J connectivity index is 1.60. The number of hydrogen-bond donors (Lipinski definition) is 0. The van der Waals surface area contributed by atoms with Gasteiger partial charge in [0, 0.05) is 19.3 Å². The van der Waals surface area contributed by atoms with Gasteiger partial charge >= 0.3 is 0 Å². The molecule has 0 bridgehead atoms. The molecule has 3 aromatic rings. The van der Waals surface area contributed by atoms with Crippen molar-refractivity contribution in [1.29, 1.82) is 0 Å². The van der Waals surface area contributed by atoms with Gasteiger partial charge in [-0.25, -0.2) is 19.7 Å². The lowest BCUT2D eigenvalue weighted by Gasteiger charge is -2.27. The van der Waals surface area contributed by atoms with E-state index in [9.17, 15) is 9.59 Å². The largest absolute Gasteiger partial charge is 0.275 e. The second kappa shape index (κ2) is 7.44. The van der Waals surface area contributed by atoms with Gasteiger partial charge < -0.3 is 0 Å². The van der Waals surface area contributed by atoms with Crippen LogP contribution in [0.2, 0.25) is 5.15 Å². The van der Waals surface area contributed by atoms with Crippen LogP contribution in [0.25, 0.3) is 5.69 Å². The number of aromatic nitrogens is 3. The zero-order chi connectivity index (χ0) is 19.7. The Bertz CT molecular complexity index is 1020. The lowest BCUT2D eigenvalue weighted by atomic mass is 10.2. The van der Waals surface area contributed by atoms with Crippen molar-refractivity contribution < 1.29 is 9.59 Å². The molecule has 1 aromatic carbocycles. The average Bonchev–Trinajstić information content (AvgIpc) is 3.35. The quantitative estimate of drug-likeness (QED) is 0.639. The van der Waals surface area contributed by atoms with Crippen molar-refractivity contribution in [2.24, 2.45) is 0 Å². The van der Waals surface area contributed by atoms with Crippen LogP contribution in [-0.2, 0) is 0 Å². The Morgan fingerprint density at radius 3 is 2.36 bits per heavy atom. The lowest BCUT2D eigenvalue weighted by molar-refractivity contribution is 0.0185. The van der Waals surface area contributed by atoms with E-state index in [2.05, 4.69) is 10.1 Å². The van der Waals surface area contributed by atoms with Crippen molar-refractivity contribution >= 4 is 23.4 Å². The highest BCUT2D eigenvalue weighted by Gasteiger charge is 2.33. The van der Waals surface area contributed by atoms with E-state index in [1.165, 1.54) is 16.2 Å². The summed E-state index contributed by atoms with van der Waals surface area (Å²) in [5.74, 6) is -0.518. The summed E-state index contributed by atoms with van der Waals surface area (Å²) in [6.45, 7) is 2.79. The fraction of sp³-hybridized carbons (Fsp3) is 0.200. The van der Waals surface area contributed by atoms with E-state index in [1.807, 2.05) is 37.3 Å². The van der Waals surface area contributed by atoms with Crippen LogP contribution in [0, 0.1) is 6.92 Å². The molecule has 0 radical (unpaired) electrons. The summed E-state index contributed by atoms with van der Waals surface area (Å²) < 4.78 is 1.72. The van der Waals surface area contributed by atoms with Gasteiger partial charge in [-0.1, -0.05) is 29.8 Å². The highest BCUT2D eigenvalue weighted by molar-refractivity contribution is 6.29. The Hall–Kier alpha value is -3.19. The molecule has 8 heteroatoms. The van der Waals surface area contributed by atoms with Crippen LogP contribution in [-0.4, -0.2) is 49.7 Å². The van der Waals surface area contributed by atoms with Crippen LogP contribution >= 0.6 is 11.6 Å². The number of halogens is 1. The third-order valence-corrected chi connectivity index (χ3v) is 4.94. The molecule has 0 spiro atoms. The van der Waals surface area contributed by atoms with Crippen LogP contribution in [0.5, 0.6) is 0 Å². The molecule has 2 amide bonds. The first kappa shape index (κ1) is 18.2. The van der Waals surface area contributed by atoms with Crippen molar-refractivity contribution in [3.8, 4) is 5.69 Å². The third-order valence-electron chi connectivity index (χ3n) is 4.72. The van der Waals surface area contributed by atoms with Crippen LogP contribution in [0.4, 0.5) is 0 Å². The van der Waals surface area contributed by atoms with Crippen molar-refractivity contribution in [3.63, 3.8) is 0 Å². The van der Waals surface area contributed by atoms with Gasteiger partial charge in [-0.15, -0.1) is 0 Å². The van der Waals surface area contributed by atoms with E-state index < -0.39 is 0 Å². The minimum atomic E-state index is -0.275. The molecule has 3 heterocycles. The van der Waals surface area contributed by atoms with Gasteiger partial charge in [0.25, 0.3) is 11.8 Å². The molecule has 142 valence electrons. The molecule has 0 unspecified atom stereocenters. The minimum Gasteiger partial charge on any atom is -0.267 e.